The molecule has 0 atom stereocenters. The van der Waals surface area contributed by atoms with Crippen LogP contribution < -0.4 is 20.5 Å². The predicted molar refractivity (Wildman–Crippen MR) is 121 cm³/mol. The molecular formula is C23H34N4O2. The van der Waals surface area contributed by atoms with Gasteiger partial charge in [-0.15, -0.1) is 0 Å². The summed E-state index contributed by atoms with van der Waals surface area (Å²) in [6.07, 6.45) is 0. The van der Waals surface area contributed by atoms with Crippen LogP contribution in [0.15, 0.2) is 47.5 Å². The zero-order chi connectivity index (χ0) is 21.1. The lowest BCUT2D eigenvalue weighted by Crippen LogP contribution is -2.23. The minimum Gasteiger partial charge on any atom is -0.494 e. The van der Waals surface area contributed by atoms with Gasteiger partial charge < -0.3 is 20.5 Å². The van der Waals surface area contributed by atoms with Crippen molar-refractivity contribution >= 4 is 11.6 Å². The van der Waals surface area contributed by atoms with E-state index < -0.39 is 0 Å². The van der Waals surface area contributed by atoms with E-state index in [1.54, 1.807) is 0 Å². The number of aliphatic imine (C=N–C) groups is 1. The SMILES string of the molecule is CCOc1ccc(OCC)c(NC(N)=NCc2ccc(CN(CC)CC)cc2)c1. The van der Waals surface area contributed by atoms with Crippen LogP contribution in [0.2, 0.25) is 0 Å². The summed E-state index contributed by atoms with van der Waals surface area (Å²) < 4.78 is 11.2. The molecule has 6 heteroatoms. The number of nitrogens with zero attached hydrogens (tertiary/aromatic N) is 2. The second kappa shape index (κ2) is 12.0. The summed E-state index contributed by atoms with van der Waals surface area (Å²) in [6.45, 7) is 13.0. The third kappa shape index (κ3) is 7.31. The van der Waals surface area contributed by atoms with Crippen LogP contribution in [0.25, 0.3) is 0 Å². The number of hydrogen-bond acceptors (Lipinski definition) is 4. The van der Waals surface area contributed by atoms with Gasteiger partial charge in [0.15, 0.2) is 5.96 Å². The largest absolute Gasteiger partial charge is 0.494 e. The average Bonchev–Trinajstić information content (AvgIpc) is 2.73. The Hall–Kier alpha value is -2.73. The first kappa shape index (κ1) is 22.6. The minimum atomic E-state index is 0.340. The smallest absolute Gasteiger partial charge is 0.193 e. The Balaban J connectivity index is 2.02. The monoisotopic (exact) mass is 398 g/mol. The maximum Gasteiger partial charge on any atom is 0.193 e. The van der Waals surface area contributed by atoms with Crippen LogP contribution in [-0.4, -0.2) is 37.2 Å². The number of nitrogens with two attached hydrogens (primary N) is 1. The number of benzene rings is 2. The third-order valence-corrected chi connectivity index (χ3v) is 4.58. The standard InChI is InChI=1S/C23H34N4O2/c1-5-27(6-2)17-19-11-9-18(10-12-19)16-25-23(24)26-21-15-20(28-7-3)13-14-22(21)29-8-4/h9-15H,5-8,16-17H2,1-4H3,(H3,24,25,26). The van der Waals surface area contributed by atoms with Gasteiger partial charge >= 0.3 is 0 Å². The van der Waals surface area contributed by atoms with E-state index >= 15 is 0 Å². The maximum absolute atomic E-state index is 6.11. The number of rotatable bonds is 11. The molecule has 0 aliphatic heterocycles. The molecule has 3 N–H and O–H groups in total. The van der Waals surface area contributed by atoms with Crippen LogP contribution in [0, 0.1) is 0 Å². The van der Waals surface area contributed by atoms with Gasteiger partial charge in [0.05, 0.1) is 25.4 Å². The van der Waals surface area contributed by atoms with E-state index in [9.17, 15) is 0 Å². The Morgan fingerprint density at radius 3 is 2.21 bits per heavy atom. The summed E-state index contributed by atoms with van der Waals surface area (Å²) in [4.78, 5) is 6.86. The Morgan fingerprint density at radius 2 is 1.59 bits per heavy atom. The fraction of sp³-hybridized carbons (Fsp3) is 0.435. The first-order chi connectivity index (χ1) is 14.1. The van der Waals surface area contributed by atoms with Gasteiger partial charge in [0.2, 0.25) is 0 Å². The van der Waals surface area contributed by atoms with E-state index in [2.05, 4.69) is 53.3 Å². The molecule has 0 aliphatic carbocycles. The van der Waals surface area contributed by atoms with Crippen molar-refractivity contribution in [2.45, 2.75) is 40.8 Å². The zero-order valence-electron chi connectivity index (χ0n) is 18.1. The number of hydrogen-bond donors (Lipinski definition) is 2. The molecule has 0 amide bonds. The van der Waals surface area contributed by atoms with Crippen LogP contribution in [0.5, 0.6) is 11.5 Å². The molecule has 2 rings (SSSR count). The number of nitrogens with one attached hydrogen (secondary N) is 1. The summed E-state index contributed by atoms with van der Waals surface area (Å²) >= 11 is 0. The molecule has 0 aliphatic rings. The van der Waals surface area contributed by atoms with E-state index in [0.717, 1.165) is 42.4 Å². The van der Waals surface area contributed by atoms with Crippen molar-refractivity contribution in [2.24, 2.45) is 10.7 Å². The quantitative estimate of drug-likeness (QED) is 0.437. The number of anilines is 1. The minimum absolute atomic E-state index is 0.340. The lowest BCUT2D eigenvalue weighted by Gasteiger charge is -2.18. The molecule has 2 aromatic carbocycles. The van der Waals surface area contributed by atoms with E-state index in [1.165, 1.54) is 5.56 Å². The lowest BCUT2D eigenvalue weighted by atomic mass is 10.1. The molecule has 0 heterocycles. The Bertz CT molecular complexity index is 771. The fourth-order valence-electron chi connectivity index (χ4n) is 2.95. The van der Waals surface area contributed by atoms with Crippen molar-refractivity contribution in [3.63, 3.8) is 0 Å². The van der Waals surface area contributed by atoms with Crippen LogP contribution in [0.3, 0.4) is 0 Å². The summed E-state index contributed by atoms with van der Waals surface area (Å²) in [5.41, 5.74) is 9.28. The van der Waals surface area contributed by atoms with Gasteiger partial charge in [-0.1, -0.05) is 38.1 Å². The maximum atomic E-state index is 6.11. The summed E-state index contributed by atoms with van der Waals surface area (Å²) in [5, 5.41) is 3.13. The number of guanidine groups is 1. The topological polar surface area (TPSA) is 72.1 Å². The van der Waals surface area contributed by atoms with Crippen LogP contribution in [-0.2, 0) is 13.1 Å². The molecular weight excluding hydrogens is 364 g/mol. The first-order valence-electron chi connectivity index (χ1n) is 10.4. The third-order valence-electron chi connectivity index (χ3n) is 4.58. The molecule has 0 radical (unpaired) electrons. The van der Waals surface area contributed by atoms with Gasteiger partial charge in [0.1, 0.15) is 11.5 Å². The molecule has 29 heavy (non-hydrogen) atoms. The lowest BCUT2D eigenvalue weighted by molar-refractivity contribution is 0.296. The van der Waals surface area contributed by atoms with Crippen molar-refractivity contribution in [1.82, 2.24) is 4.90 Å². The highest BCUT2D eigenvalue weighted by Crippen LogP contribution is 2.29. The highest BCUT2D eigenvalue weighted by molar-refractivity contribution is 5.94. The van der Waals surface area contributed by atoms with Crippen molar-refractivity contribution in [3.8, 4) is 11.5 Å². The Kier molecular flexibility index (Phi) is 9.31. The van der Waals surface area contributed by atoms with Crippen molar-refractivity contribution in [2.75, 3.05) is 31.6 Å². The zero-order valence-corrected chi connectivity index (χ0v) is 18.1. The summed E-state index contributed by atoms with van der Waals surface area (Å²) in [6, 6.07) is 14.2. The molecule has 0 fully saturated rings. The molecule has 0 saturated heterocycles. The van der Waals surface area contributed by atoms with Gasteiger partial charge in [-0.2, -0.15) is 0 Å². The van der Waals surface area contributed by atoms with Gasteiger partial charge in [-0.3, -0.25) is 4.90 Å². The average molecular weight is 399 g/mol. The highest BCUT2D eigenvalue weighted by atomic mass is 16.5. The van der Waals surface area contributed by atoms with Crippen LogP contribution in [0.4, 0.5) is 5.69 Å². The van der Waals surface area contributed by atoms with Gasteiger partial charge in [0, 0.05) is 12.6 Å². The van der Waals surface area contributed by atoms with E-state index in [1.807, 2.05) is 32.0 Å². The first-order valence-corrected chi connectivity index (χ1v) is 10.4. The van der Waals surface area contributed by atoms with Gasteiger partial charge in [0.25, 0.3) is 0 Å². The molecule has 6 nitrogen and oxygen atoms in total. The van der Waals surface area contributed by atoms with Gasteiger partial charge in [-0.05, 0) is 50.2 Å². The van der Waals surface area contributed by atoms with Crippen LogP contribution >= 0.6 is 0 Å². The Morgan fingerprint density at radius 1 is 0.931 bits per heavy atom. The Labute approximate surface area is 174 Å². The highest BCUT2D eigenvalue weighted by Gasteiger charge is 2.07. The van der Waals surface area contributed by atoms with E-state index in [4.69, 9.17) is 15.2 Å². The molecule has 158 valence electrons. The van der Waals surface area contributed by atoms with Crippen molar-refractivity contribution < 1.29 is 9.47 Å². The predicted octanol–water partition coefficient (Wildman–Crippen LogP) is 4.25. The molecule has 0 spiro atoms. The molecule has 2 aromatic rings. The van der Waals surface area contributed by atoms with Crippen molar-refractivity contribution in [1.29, 1.82) is 0 Å². The molecule has 0 unspecified atom stereocenters. The van der Waals surface area contributed by atoms with E-state index in [-0.39, 0.29) is 0 Å². The molecule has 0 saturated carbocycles. The second-order valence-electron chi connectivity index (χ2n) is 6.63. The normalized spacial score (nSPS) is 11.6. The fourth-order valence-corrected chi connectivity index (χ4v) is 2.95. The van der Waals surface area contributed by atoms with Crippen molar-refractivity contribution in [3.05, 3.63) is 53.6 Å². The number of ether oxygens (including phenoxy) is 2. The second-order valence-corrected chi connectivity index (χ2v) is 6.63. The summed E-state index contributed by atoms with van der Waals surface area (Å²) in [7, 11) is 0. The van der Waals surface area contributed by atoms with Crippen LogP contribution in [0.1, 0.15) is 38.8 Å². The summed E-state index contributed by atoms with van der Waals surface area (Å²) in [5.74, 6) is 1.82. The van der Waals surface area contributed by atoms with E-state index in [0.29, 0.717) is 25.7 Å². The molecule has 0 aromatic heterocycles. The molecule has 0 bridgehead atoms. The van der Waals surface area contributed by atoms with Gasteiger partial charge in [-0.25, -0.2) is 4.99 Å².